The minimum atomic E-state index is 1.02. The maximum absolute atomic E-state index is 4.23. The number of thiol groups is 1. The Kier molecular flexibility index (Phi) is 9.99. The van der Waals surface area contributed by atoms with Crippen molar-refractivity contribution in [2.24, 2.45) is 0 Å². The fourth-order valence-corrected chi connectivity index (χ4v) is 4.00. The molecule has 1 fully saturated rings. The molecule has 16 heavy (non-hydrogen) atoms. The van der Waals surface area contributed by atoms with Gasteiger partial charge in [-0.05, 0) is 37.2 Å². The van der Waals surface area contributed by atoms with Crippen LogP contribution in [0, 0.1) is 0 Å². The van der Waals surface area contributed by atoms with Crippen molar-refractivity contribution in [2.75, 3.05) is 11.5 Å². The van der Waals surface area contributed by atoms with Gasteiger partial charge < -0.3 is 0 Å². The first-order valence-corrected chi connectivity index (χ1v) is 8.84. The molecule has 96 valence electrons. The Labute approximate surface area is 112 Å². The van der Waals surface area contributed by atoms with E-state index in [0.717, 1.165) is 11.0 Å². The summed E-state index contributed by atoms with van der Waals surface area (Å²) in [6.45, 7) is 0. The summed E-state index contributed by atoms with van der Waals surface area (Å²) in [6, 6.07) is 0. The molecule has 0 aliphatic heterocycles. The van der Waals surface area contributed by atoms with Crippen molar-refractivity contribution in [1.82, 2.24) is 0 Å². The van der Waals surface area contributed by atoms with Crippen LogP contribution < -0.4 is 0 Å². The molecule has 0 amide bonds. The minimum Gasteiger partial charge on any atom is -0.179 e. The summed E-state index contributed by atoms with van der Waals surface area (Å²) in [5.41, 5.74) is 0. The van der Waals surface area contributed by atoms with E-state index < -0.39 is 0 Å². The van der Waals surface area contributed by atoms with Crippen LogP contribution in [0.3, 0.4) is 0 Å². The lowest BCUT2D eigenvalue weighted by Gasteiger charge is -2.07. The average Bonchev–Trinajstić information content (AvgIpc) is 2.80. The first-order valence-electron chi connectivity index (χ1n) is 7.16. The average molecular weight is 261 g/mol. The monoisotopic (exact) mass is 260 g/mol. The molecule has 1 saturated carbocycles. The first-order chi connectivity index (χ1) is 7.93. The highest BCUT2D eigenvalue weighted by atomic mass is 32.2. The number of unbranched alkanes of at least 4 members (excludes halogenated alkanes) is 6. The van der Waals surface area contributed by atoms with Crippen LogP contribution in [0.5, 0.6) is 0 Å². The normalized spacial score (nSPS) is 17.1. The van der Waals surface area contributed by atoms with Gasteiger partial charge in [0.25, 0.3) is 0 Å². The van der Waals surface area contributed by atoms with Crippen LogP contribution in [-0.4, -0.2) is 16.8 Å². The molecule has 1 aliphatic rings. The maximum Gasteiger partial charge on any atom is 0.00470 e. The summed E-state index contributed by atoms with van der Waals surface area (Å²) in [4.78, 5) is 0. The number of rotatable bonds is 10. The van der Waals surface area contributed by atoms with E-state index >= 15 is 0 Å². The Balaban J connectivity index is 1.71. The second-order valence-corrected chi connectivity index (χ2v) is 6.83. The van der Waals surface area contributed by atoms with Gasteiger partial charge in [-0.25, -0.2) is 0 Å². The summed E-state index contributed by atoms with van der Waals surface area (Å²) in [6.07, 6.45) is 15.9. The van der Waals surface area contributed by atoms with E-state index in [4.69, 9.17) is 0 Å². The van der Waals surface area contributed by atoms with Gasteiger partial charge in [-0.1, -0.05) is 44.9 Å². The highest BCUT2D eigenvalue weighted by Crippen LogP contribution is 2.29. The predicted molar refractivity (Wildman–Crippen MR) is 80.9 cm³/mol. The fraction of sp³-hybridized carbons (Fsp3) is 1.00. The molecule has 0 unspecified atom stereocenters. The molecule has 0 radical (unpaired) electrons. The SMILES string of the molecule is SCCCCCCCCCSC1CCCC1. The van der Waals surface area contributed by atoms with Gasteiger partial charge in [0.05, 0.1) is 0 Å². The predicted octanol–water partition coefficient (Wildman–Crippen LogP) is 5.32. The zero-order valence-corrected chi connectivity index (χ0v) is 12.3. The Morgan fingerprint density at radius 3 is 2.00 bits per heavy atom. The van der Waals surface area contributed by atoms with E-state index in [1.54, 1.807) is 0 Å². The van der Waals surface area contributed by atoms with E-state index in [9.17, 15) is 0 Å². The van der Waals surface area contributed by atoms with Crippen LogP contribution in [0.4, 0.5) is 0 Å². The molecule has 0 nitrogen and oxygen atoms in total. The summed E-state index contributed by atoms with van der Waals surface area (Å²) in [7, 11) is 0. The number of hydrogen-bond donors (Lipinski definition) is 1. The molecule has 1 aliphatic carbocycles. The Morgan fingerprint density at radius 2 is 1.38 bits per heavy atom. The van der Waals surface area contributed by atoms with Gasteiger partial charge in [-0.2, -0.15) is 24.4 Å². The second kappa shape index (κ2) is 10.8. The van der Waals surface area contributed by atoms with Gasteiger partial charge in [-0.15, -0.1) is 0 Å². The van der Waals surface area contributed by atoms with Crippen LogP contribution in [-0.2, 0) is 0 Å². The zero-order valence-electron chi connectivity index (χ0n) is 10.6. The van der Waals surface area contributed by atoms with Gasteiger partial charge in [-0.3, -0.25) is 0 Å². The molecule has 0 aromatic heterocycles. The second-order valence-electron chi connectivity index (χ2n) is 4.98. The highest BCUT2D eigenvalue weighted by molar-refractivity contribution is 7.99. The van der Waals surface area contributed by atoms with Crippen molar-refractivity contribution in [3.8, 4) is 0 Å². The molecule has 0 N–H and O–H groups in total. The molecule has 0 spiro atoms. The van der Waals surface area contributed by atoms with Gasteiger partial charge in [0.1, 0.15) is 0 Å². The topological polar surface area (TPSA) is 0 Å². The Bertz CT molecular complexity index is 142. The molecule has 0 bridgehead atoms. The third kappa shape index (κ3) is 7.89. The largest absolute Gasteiger partial charge is 0.179 e. The summed E-state index contributed by atoms with van der Waals surface area (Å²) >= 11 is 6.48. The van der Waals surface area contributed by atoms with Gasteiger partial charge >= 0.3 is 0 Å². The molecule has 0 heterocycles. The van der Waals surface area contributed by atoms with Crippen molar-refractivity contribution in [2.45, 2.75) is 75.9 Å². The van der Waals surface area contributed by atoms with Crippen LogP contribution >= 0.6 is 24.4 Å². The smallest absolute Gasteiger partial charge is 0.00470 e. The molecule has 0 aromatic rings. The van der Waals surface area contributed by atoms with Crippen molar-refractivity contribution in [3.05, 3.63) is 0 Å². The van der Waals surface area contributed by atoms with Crippen LogP contribution in [0.1, 0.15) is 70.6 Å². The van der Waals surface area contributed by atoms with Crippen LogP contribution in [0.15, 0.2) is 0 Å². The number of thioether (sulfide) groups is 1. The van der Waals surface area contributed by atoms with Crippen LogP contribution in [0.25, 0.3) is 0 Å². The Hall–Kier alpha value is 0.700. The lowest BCUT2D eigenvalue weighted by atomic mass is 10.1. The molecule has 0 aromatic carbocycles. The quantitative estimate of drug-likeness (QED) is 0.409. The van der Waals surface area contributed by atoms with Crippen molar-refractivity contribution in [3.63, 3.8) is 0 Å². The first kappa shape index (κ1) is 14.8. The lowest BCUT2D eigenvalue weighted by Crippen LogP contribution is -1.95. The maximum atomic E-state index is 4.23. The summed E-state index contributed by atoms with van der Waals surface area (Å²) in [5, 5.41) is 1.02. The van der Waals surface area contributed by atoms with Gasteiger partial charge in [0.15, 0.2) is 0 Å². The van der Waals surface area contributed by atoms with E-state index in [1.165, 1.54) is 76.4 Å². The van der Waals surface area contributed by atoms with Crippen molar-refractivity contribution in [1.29, 1.82) is 0 Å². The van der Waals surface area contributed by atoms with E-state index in [-0.39, 0.29) is 0 Å². The third-order valence-corrected chi connectivity index (χ3v) is 5.24. The fourth-order valence-electron chi connectivity index (χ4n) is 2.40. The molecule has 2 heteroatoms. The molecular weight excluding hydrogens is 232 g/mol. The van der Waals surface area contributed by atoms with E-state index in [0.29, 0.717) is 0 Å². The molecule has 0 atom stereocenters. The van der Waals surface area contributed by atoms with E-state index in [2.05, 4.69) is 24.4 Å². The van der Waals surface area contributed by atoms with Crippen molar-refractivity contribution < 1.29 is 0 Å². The zero-order chi connectivity index (χ0) is 11.5. The van der Waals surface area contributed by atoms with E-state index in [1.807, 2.05) is 0 Å². The Morgan fingerprint density at radius 1 is 0.812 bits per heavy atom. The molecular formula is C14H28S2. The highest BCUT2D eigenvalue weighted by Gasteiger charge is 2.14. The van der Waals surface area contributed by atoms with Crippen molar-refractivity contribution >= 4 is 24.4 Å². The third-order valence-electron chi connectivity index (χ3n) is 3.46. The number of hydrogen-bond acceptors (Lipinski definition) is 2. The standard InChI is InChI=1S/C14H28S2/c15-12-8-4-2-1-3-5-9-13-16-14-10-6-7-11-14/h14-15H,1-13H2. The minimum absolute atomic E-state index is 1.02. The van der Waals surface area contributed by atoms with Crippen LogP contribution in [0.2, 0.25) is 0 Å². The lowest BCUT2D eigenvalue weighted by molar-refractivity contribution is 0.605. The summed E-state index contributed by atoms with van der Waals surface area (Å²) < 4.78 is 0. The molecule has 0 saturated heterocycles. The van der Waals surface area contributed by atoms with Gasteiger partial charge in [0, 0.05) is 5.25 Å². The molecule has 1 rings (SSSR count). The van der Waals surface area contributed by atoms with Gasteiger partial charge in [0.2, 0.25) is 0 Å². The summed E-state index contributed by atoms with van der Waals surface area (Å²) in [5.74, 6) is 2.49.